The average molecular weight is 225 g/mol. The van der Waals surface area contributed by atoms with E-state index < -0.39 is 34.2 Å². The molecule has 0 aliphatic heterocycles. The van der Waals surface area contributed by atoms with Crippen LogP contribution in [0, 0.1) is 11.6 Å². The Morgan fingerprint density at radius 2 is 1.88 bits per heavy atom. The molecule has 0 unspecified atom stereocenters. The van der Waals surface area contributed by atoms with E-state index in [1.807, 2.05) is 4.98 Å². The van der Waals surface area contributed by atoms with Crippen molar-refractivity contribution in [1.29, 1.82) is 0 Å². The third-order valence-electron chi connectivity index (χ3n) is 2.14. The van der Waals surface area contributed by atoms with E-state index in [0.717, 1.165) is 18.2 Å². The van der Waals surface area contributed by atoms with Crippen molar-refractivity contribution in [1.82, 2.24) is 4.98 Å². The topological polar surface area (TPSA) is 70.2 Å². The number of aromatic amines is 1. The third-order valence-corrected chi connectivity index (χ3v) is 2.14. The molecule has 0 atom stereocenters. The zero-order chi connectivity index (χ0) is 11.9. The number of benzene rings is 1. The van der Waals surface area contributed by atoms with Gasteiger partial charge in [-0.15, -0.1) is 0 Å². The minimum absolute atomic E-state index is 0.346. The van der Waals surface area contributed by atoms with Crippen molar-refractivity contribution in [2.75, 3.05) is 0 Å². The minimum Gasteiger partial charge on any atom is -0.477 e. The summed E-state index contributed by atoms with van der Waals surface area (Å²) < 4.78 is 26.5. The molecule has 2 N–H and O–H groups in total. The molecule has 0 aliphatic carbocycles. The molecule has 0 radical (unpaired) electrons. The summed E-state index contributed by atoms with van der Waals surface area (Å²) in [6.45, 7) is 0. The van der Waals surface area contributed by atoms with Crippen molar-refractivity contribution < 1.29 is 18.7 Å². The van der Waals surface area contributed by atoms with Crippen LogP contribution in [0.2, 0.25) is 0 Å². The zero-order valence-electron chi connectivity index (χ0n) is 7.75. The molecule has 4 nitrogen and oxygen atoms in total. The summed E-state index contributed by atoms with van der Waals surface area (Å²) in [5.41, 5.74) is -1.45. The minimum atomic E-state index is -1.41. The quantitative estimate of drug-likeness (QED) is 0.772. The van der Waals surface area contributed by atoms with Gasteiger partial charge in [-0.25, -0.2) is 13.6 Å². The standard InChI is InChI=1S/C10H5F2NO3/c11-5-1-2-6(12)8-4(5)3-7(10(15)16)13-9(8)14/h1-3H,(H,13,14)(H,15,16). The number of hydrogen-bond donors (Lipinski definition) is 2. The Morgan fingerprint density at radius 1 is 1.25 bits per heavy atom. The van der Waals surface area contributed by atoms with Crippen LogP contribution in [0.3, 0.4) is 0 Å². The van der Waals surface area contributed by atoms with E-state index in [1.165, 1.54) is 0 Å². The highest BCUT2D eigenvalue weighted by Crippen LogP contribution is 2.18. The summed E-state index contributed by atoms with van der Waals surface area (Å²) in [6, 6.07) is 2.54. The molecule has 0 aliphatic rings. The largest absolute Gasteiger partial charge is 0.477 e. The molecular weight excluding hydrogens is 220 g/mol. The number of hydrogen-bond acceptors (Lipinski definition) is 2. The second kappa shape index (κ2) is 3.41. The fraction of sp³-hybridized carbons (Fsp3) is 0. The van der Waals surface area contributed by atoms with Crippen LogP contribution in [-0.2, 0) is 0 Å². The van der Waals surface area contributed by atoms with Crippen molar-refractivity contribution in [3.8, 4) is 0 Å². The summed E-state index contributed by atoms with van der Waals surface area (Å²) >= 11 is 0. The maximum atomic E-state index is 13.3. The number of H-pyrrole nitrogens is 1. The van der Waals surface area contributed by atoms with Gasteiger partial charge in [-0.3, -0.25) is 4.79 Å². The first-order valence-corrected chi connectivity index (χ1v) is 4.25. The first-order chi connectivity index (χ1) is 7.50. The van der Waals surface area contributed by atoms with Crippen LogP contribution in [0.5, 0.6) is 0 Å². The molecule has 82 valence electrons. The monoisotopic (exact) mass is 225 g/mol. The van der Waals surface area contributed by atoms with Crippen molar-refractivity contribution in [3.63, 3.8) is 0 Å². The van der Waals surface area contributed by atoms with Crippen LogP contribution in [0.4, 0.5) is 8.78 Å². The Hall–Kier alpha value is -2.24. The van der Waals surface area contributed by atoms with Crippen LogP contribution in [0.1, 0.15) is 10.5 Å². The Bertz CT molecular complexity index is 648. The van der Waals surface area contributed by atoms with E-state index in [4.69, 9.17) is 5.11 Å². The third kappa shape index (κ3) is 1.44. The lowest BCUT2D eigenvalue weighted by atomic mass is 10.1. The molecule has 0 saturated heterocycles. The normalized spacial score (nSPS) is 10.6. The van der Waals surface area contributed by atoms with E-state index in [-0.39, 0.29) is 5.39 Å². The van der Waals surface area contributed by atoms with Crippen LogP contribution < -0.4 is 5.56 Å². The van der Waals surface area contributed by atoms with Gasteiger partial charge in [0.05, 0.1) is 5.39 Å². The first kappa shape index (κ1) is 10.3. The molecule has 6 heteroatoms. The second-order valence-electron chi connectivity index (χ2n) is 3.14. The highest BCUT2D eigenvalue weighted by atomic mass is 19.1. The highest BCUT2D eigenvalue weighted by molar-refractivity contribution is 5.92. The van der Waals surface area contributed by atoms with Gasteiger partial charge in [-0.2, -0.15) is 0 Å². The lowest BCUT2D eigenvalue weighted by Gasteiger charge is -2.01. The molecule has 1 heterocycles. The van der Waals surface area contributed by atoms with Gasteiger partial charge in [0.1, 0.15) is 17.3 Å². The number of rotatable bonds is 1. The smallest absolute Gasteiger partial charge is 0.352 e. The van der Waals surface area contributed by atoms with E-state index in [2.05, 4.69) is 0 Å². The van der Waals surface area contributed by atoms with Gasteiger partial charge in [-0.1, -0.05) is 0 Å². The number of carbonyl (C=O) groups is 1. The van der Waals surface area contributed by atoms with Gasteiger partial charge in [0.15, 0.2) is 0 Å². The van der Waals surface area contributed by atoms with E-state index >= 15 is 0 Å². The van der Waals surface area contributed by atoms with Crippen LogP contribution in [0.25, 0.3) is 10.8 Å². The molecule has 0 spiro atoms. The van der Waals surface area contributed by atoms with Gasteiger partial charge >= 0.3 is 5.97 Å². The summed E-state index contributed by atoms with van der Waals surface area (Å²) in [7, 11) is 0. The molecule has 1 aromatic carbocycles. The molecule has 2 aromatic rings. The molecule has 16 heavy (non-hydrogen) atoms. The van der Waals surface area contributed by atoms with Gasteiger partial charge in [-0.05, 0) is 18.2 Å². The number of aromatic carboxylic acids is 1. The molecular formula is C10H5F2NO3. The van der Waals surface area contributed by atoms with Crippen LogP contribution in [0.15, 0.2) is 23.0 Å². The average Bonchev–Trinajstić information content (AvgIpc) is 2.22. The highest BCUT2D eigenvalue weighted by Gasteiger charge is 2.13. The van der Waals surface area contributed by atoms with Gasteiger partial charge in [0.2, 0.25) is 0 Å². The maximum absolute atomic E-state index is 13.3. The number of pyridine rings is 1. The van der Waals surface area contributed by atoms with Crippen molar-refractivity contribution in [2.24, 2.45) is 0 Å². The SMILES string of the molecule is O=C(O)c1cc2c(F)ccc(F)c2c(=O)[nH]1. The predicted octanol–water partition coefficient (Wildman–Crippen LogP) is 1.50. The number of aromatic nitrogens is 1. The van der Waals surface area contributed by atoms with Gasteiger partial charge < -0.3 is 10.1 Å². The number of fused-ring (bicyclic) bond motifs is 1. The number of carboxylic acids is 1. The van der Waals surface area contributed by atoms with Gasteiger partial charge in [0, 0.05) is 5.39 Å². The number of nitrogens with one attached hydrogen (secondary N) is 1. The van der Waals surface area contributed by atoms with E-state index in [1.54, 1.807) is 0 Å². The van der Waals surface area contributed by atoms with Gasteiger partial charge in [0.25, 0.3) is 5.56 Å². The fourth-order valence-electron chi connectivity index (χ4n) is 1.42. The molecule has 1 aromatic heterocycles. The van der Waals surface area contributed by atoms with Crippen molar-refractivity contribution in [3.05, 3.63) is 45.9 Å². The molecule has 0 amide bonds. The van der Waals surface area contributed by atoms with Crippen molar-refractivity contribution >= 4 is 16.7 Å². The zero-order valence-corrected chi connectivity index (χ0v) is 7.75. The lowest BCUT2D eigenvalue weighted by molar-refractivity contribution is 0.0690. The fourth-order valence-corrected chi connectivity index (χ4v) is 1.42. The number of carboxylic acid groups (broad SMARTS) is 1. The van der Waals surface area contributed by atoms with E-state index in [9.17, 15) is 18.4 Å². The summed E-state index contributed by atoms with van der Waals surface area (Å²) in [6.07, 6.45) is 0. The van der Waals surface area contributed by atoms with Crippen LogP contribution >= 0.6 is 0 Å². The first-order valence-electron chi connectivity index (χ1n) is 4.25. The predicted molar refractivity (Wildman–Crippen MR) is 51.4 cm³/mol. The summed E-state index contributed by atoms with van der Waals surface area (Å²) in [4.78, 5) is 23.9. The Labute approximate surface area is 87.1 Å². The Kier molecular flexibility index (Phi) is 2.19. The lowest BCUT2D eigenvalue weighted by Crippen LogP contribution is -2.14. The summed E-state index contributed by atoms with van der Waals surface area (Å²) in [5, 5.41) is 7.81. The Balaban J connectivity index is 2.98. The van der Waals surface area contributed by atoms with E-state index in [0.29, 0.717) is 0 Å². The van der Waals surface area contributed by atoms with Crippen molar-refractivity contribution in [2.45, 2.75) is 0 Å². The second-order valence-corrected chi connectivity index (χ2v) is 3.14. The maximum Gasteiger partial charge on any atom is 0.352 e. The number of halogens is 2. The Morgan fingerprint density at radius 3 is 2.50 bits per heavy atom. The summed E-state index contributed by atoms with van der Waals surface area (Å²) in [5.74, 6) is -3.15. The molecule has 2 rings (SSSR count). The van der Waals surface area contributed by atoms with Crippen LogP contribution in [-0.4, -0.2) is 16.1 Å². The molecule has 0 fully saturated rings. The molecule has 0 bridgehead atoms. The molecule has 0 saturated carbocycles.